The summed E-state index contributed by atoms with van der Waals surface area (Å²) in [6.45, 7) is 2.00. The van der Waals surface area contributed by atoms with Gasteiger partial charge in [0.1, 0.15) is 0 Å². The molecule has 0 aromatic heterocycles. The topological polar surface area (TPSA) is 46.5 Å². The van der Waals surface area contributed by atoms with E-state index in [9.17, 15) is 9.90 Å². The molecular formula is C13H16O3. The van der Waals surface area contributed by atoms with Gasteiger partial charge in [-0.05, 0) is 18.6 Å². The third-order valence-corrected chi connectivity index (χ3v) is 1.99. The lowest BCUT2D eigenvalue weighted by Gasteiger charge is -2.09. The number of hydrogen-bond acceptors (Lipinski definition) is 3. The van der Waals surface area contributed by atoms with E-state index >= 15 is 0 Å². The fourth-order valence-corrected chi connectivity index (χ4v) is 1.19. The van der Waals surface area contributed by atoms with Gasteiger partial charge >= 0.3 is 5.97 Å². The molecular weight excluding hydrogens is 204 g/mol. The van der Waals surface area contributed by atoms with Crippen molar-refractivity contribution >= 4 is 5.97 Å². The molecule has 3 nitrogen and oxygen atoms in total. The Bertz CT molecular complexity index is 343. The molecule has 0 aliphatic heterocycles. The molecule has 1 unspecified atom stereocenters. The quantitative estimate of drug-likeness (QED) is 0.471. The van der Waals surface area contributed by atoms with Crippen LogP contribution in [0.3, 0.4) is 0 Å². The van der Waals surface area contributed by atoms with Crippen LogP contribution < -0.4 is 0 Å². The highest BCUT2D eigenvalue weighted by molar-refractivity contribution is 5.89. The fraction of sp³-hybridized carbons (Fsp3) is 0.308. The molecule has 0 aliphatic carbocycles. The summed E-state index contributed by atoms with van der Waals surface area (Å²) in [7, 11) is 0. The molecule has 0 amide bonds. The first-order valence-corrected chi connectivity index (χ1v) is 5.33. The number of allylic oxidation sites excluding steroid dienone is 1. The van der Waals surface area contributed by atoms with E-state index < -0.39 is 12.3 Å². The van der Waals surface area contributed by atoms with Crippen molar-refractivity contribution in [2.24, 2.45) is 0 Å². The molecule has 0 aliphatic rings. The third kappa shape index (κ3) is 4.28. The second kappa shape index (κ2) is 6.80. The number of hydrogen-bond donors (Lipinski definition) is 1. The Morgan fingerprint density at radius 1 is 1.38 bits per heavy atom. The van der Waals surface area contributed by atoms with Crippen molar-refractivity contribution < 1.29 is 14.6 Å². The zero-order valence-electron chi connectivity index (χ0n) is 9.30. The molecule has 0 saturated carbocycles. The summed E-state index contributed by atoms with van der Waals surface area (Å²) in [6.07, 6.45) is 3.87. The Morgan fingerprint density at radius 2 is 2.06 bits per heavy atom. The molecule has 16 heavy (non-hydrogen) atoms. The van der Waals surface area contributed by atoms with Crippen molar-refractivity contribution in [3.8, 4) is 0 Å². The van der Waals surface area contributed by atoms with Gasteiger partial charge < -0.3 is 9.84 Å². The van der Waals surface area contributed by atoms with Gasteiger partial charge in [0, 0.05) is 6.42 Å². The number of aliphatic hydroxyl groups excluding tert-OH is 1. The maximum Gasteiger partial charge on any atom is 0.340 e. The fourth-order valence-electron chi connectivity index (χ4n) is 1.19. The zero-order valence-corrected chi connectivity index (χ0v) is 9.30. The summed E-state index contributed by atoms with van der Waals surface area (Å²) in [4.78, 5) is 11.5. The Morgan fingerprint density at radius 3 is 2.69 bits per heavy atom. The SMILES string of the molecule is CCC=CCC(O)OC(=O)c1ccccc1. The first-order valence-electron chi connectivity index (χ1n) is 5.33. The third-order valence-electron chi connectivity index (χ3n) is 1.99. The molecule has 1 aromatic rings. The van der Waals surface area contributed by atoms with Crippen LogP contribution in [0.1, 0.15) is 30.1 Å². The highest BCUT2D eigenvalue weighted by atomic mass is 16.6. The van der Waals surface area contributed by atoms with E-state index in [1.807, 2.05) is 19.1 Å². The Kier molecular flexibility index (Phi) is 5.29. The lowest BCUT2D eigenvalue weighted by molar-refractivity contribution is -0.0618. The van der Waals surface area contributed by atoms with Crippen LogP contribution >= 0.6 is 0 Å². The number of aliphatic hydroxyl groups is 1. The number of carbonyl (C=O) groups is 1. The van der Waals surface area contributed by atoms with Crippen LogP contribution in [0, 0.1) is 0 Å². The average molecular weight is 220 g/mol. The summed E-state index contributed by atoms with van der Waals surface area (Å²) in [5, 5.41) is 9.41. The summed E-state index contributed by atoms with van der Waals surface area (Å²) in [5.74, 6) is -0.502. The number of esters is 1. The van der Waals surface area contributed by atoms with E-state index in [2.05, 4.69) is 0 Å². The van der Waals surface area contributed by atoms with Crippen molar-refractivity contribution in [2.45, 2.75) is 26.1 Å². The van der Waals surface area contributed by atoms with Crippen LogP contribution in [0.25, 0.3) is 0 Å². The molecule has 0 radical (unpaired) electrons. The van der Waals surface area contributed by atoms with Crippen molar-refractivity contribution in [2.75, 3.05) is 0 Å². The van der Waals surface area contributed by atoms with E-state index in [0.717, 1.165) is 6.42 Å². The molecule has 0 spiro atoms. The maximum absolute atomic E-state index is 11.5. The van der Waals surface area contributed by atoms with Crippen LogP contribution in [0.15, 0.2) is 42.5 Å². The molecule has 0 saturated heterocycles. The zero-order chi connectivity index (χ0) is 11.8. The summed E-state index contributed by atoms with van der Waals surface area (Å²) < 4.78 is 4.85. The van der Waals surface area contributed by atoms with Crippen molar-refractivity contribution in [3.05, 3.63) is 48.0 Å². The van der Waals surface area contributed by atoms with Gasteiger partial charge in [-0.1, -0.05) is 37.3 Å². The maximum atomic E-state index is 11.5. The van der Waals surface area contributed by atoms with Crippen LogP contribution in [-0.2, 0) is 4.74 Å². The Balaban J connectivity index is 2.43. The summed E-state index contributed by atoms with van der Waals surface area (Å²) >= 11 is 0. The van der Waals surface area contributed by atoms with Gasteiger partial charge in [0.25, 0.3) is 0 Å². The number of benzene rings is 1. The van der Waals surface area contributed by atoms with Gasteiger partial charge in [0.15, 0.2) is 0 Å². The predicted octanol–water partition coefficient (Wildman–Crippen LogP) is 2.52. The molecule has 0 fully saturated rings. The predicted molar refractivity (Wildman–Crippen MR) is 61.9 cm³/mol. The van der Waals surface area contributed by atoms with Crippen LogP contribution in [0.2, 0.25) is 0 Å². The second-order valence-electron chi connectivity index (χ2n) is 3.34. The molecule has 1 aromatic carbocycles. The Labute approximate surface area is 95.4 Å². The standard InChI is InChI=1S/C13H16O3/c1-2-3-5-10-12(14)16-13(15)11-8-6-4-7-9-11/h3-9,12,14H,2,10H2,1H3. The summed E-state index contributed by atoms with van der Waals surface area (Å²) in [5.41, 5.74) is 0.445. The minimum atomic E-state index is -1.07. The molecule has 1 N–H and O–H groups in total. The number of ether oxygens (including phenoxy) is 1. The number of carbonyl (C=O) groups excluding carboxylic acids is 1. The lowest BCUT2D eigenvalue weighted by atomic mass is 10.2. The molecule has 86 valence electrons. The molecule has 0 heterocycles. The van der Waals surface area contributed by atoms with Gasteiger partial charge in [-0.15, -0.1) is 0 Å². The van der Waals surface area contributed by atoms with Gasteiger partial charge in [-0.3, -0.25) is 0 Å². The average Bonchev–Trinajstić information content (AvgIpc) is 2.30. The van der Waals surface area contributed by atoms with Gasteiger partial charge in [0.05, 0.1) is 5.56 Å². The van der Waals surface area contributed by atoms with E-state index in [-0.39, 0.29) is 0 Å². The van der Waals surface area contributed by atoms with E-state index in [0.29, 0.717) is 12.0 Å². The molecule has 1 rings (SSSR count). The monoisotopic (exact) mass is 220 g/mol. The second-order valence-corrected chi connectivity index (χ2v) is 3.34. The van der Waals surface area contributed by atoms with Crippen molar-refractivity contribution in [3.63, 3.8) is 0 Å². The van der Waals surface area contributed by atoms with Crippen molar-refractivity contribution in [1.82, 2.24) is 0 Å². The van der Waals surface area contributed by atoms with E-state index in [1.54, 1.807) is 30.3 Å². The minimum Gasteiger partial charge on any atom is -0.432 e. The van der Waals surface area contributed by atoms with Gasteiger partial charge in [-0.2, -0.15) is 0 Å². The molecule has 3 heteroatoms. The largest absolute Gasteiger partial charge is 0.432 e. The van der Waals surface area contributed by atoms with E-state index in [4.69, 9.17) is 4.74 Å². The van der Waals surface area contributed by atoms with Crippen molar-refractivity contribution in [1.29, 1.82) is 0 Å². The minimum absolute atomic E-state index is 0.326. The van der Waals surface area contributed by atoms with Crippen LogP contribution in [0.5, 0.6) is 0 Å². The number of rotatable bonds is 5. The van der Waals surface area contributed by atoms with Crippen LogP contribution in [0.4, 0.5) is 0 Å². The smallest absolute Gasteiger partial charge is 0.340 e. The van der Waals surface area contributed by atoms with Crippen LogP contribution in [-0.4, -0.2) is 17.4 Å². The normalized spacial score (nSPS) is 12.6. The summed E-state index contributed by atoms with van der Waals surface area (Å²) in [6, 6.07) is 8.62. The highest BCUT2D eigenvalue weighted by Gasteiger charge is 2.11. The Hall–Kier alpha value is -1.61. The molecule has 0 bridgehead atoms. The lowest BCUT2D eigenvalue weighted by Crippen LogP contribution is -2.16. The first-order chi connectivity index (χ1) is 7.74. The van der Waals surface area contributed by atoms with Gasteiger partial charge in [0.2, 0.25) is 6.29 Å². The van der Waals surface area contributed by atoms with Gasteiger partial charge in [-0.25, -0.2) is 4.79 Å². The first kappa shape index (κ1) is 12.5. The van der Waals surface area contributed by atoms with E-state index in [1.165, 1.54) is 0 Å². The molecule has 1 atom stereocenters. The highest BCUT2D eigenvalue weighted by Crippen LogP contribution is 2.05.